The van der Waals surface area contributed by atoms with Gasteiger partial charge in [-0.05, 0) is 19.1 Å². The molecule has 6 heteroatoms. The number of nitrogens with zero attached hydrogens (tertiary/aromatic N) is 3. The highest BCUT2D eigenvalue weighted by Crippen LogP contribution is 2.22. The van der Waals surface area contributed by atoms with Gasteiger partial charge in [0.25, 0.3) is 0 Å². The Morgan fingerprint density at radius 2 is 2.33 bits per heavy atom. The van der Waals surface area contributed by atoms with Gasteiger partial charge in [-0.15, -0.1) is 0 Å². The summed E-state index contributed by atoms with van der Waals surface area (Å²) in [7, 11) is 0. The lowest BCUT2D eigenvalue weighted by atomic mass is 10.1. The molecule has 0 bridgehead atoms. The molecule has 0 radical (unpaired) electrons. The minimum Gasteiger partial charge on any atom is -0.478 e. The number of nitrogen functional groups attached to an aromatic ring is 1. The molecule has 3 N–H and O–H groups in total. The predicted molar refractivity (Wildman–Crippen MR) is 80.2 cm³/mol. The second-order valence-corrected chi connectivity index (χ2v) is 4.77. The maximum atomic E-state index is 10.9. The van der Waals surface area contributed by atoms with Gasteiger partial charge in [0.05, 0.1) is 11.3 Å². The van der Waals surface area contributed by atoms with E-state index in [-0.39, 0.29) is 11.5 Å². The fourth-order valence-electron chi connectivity index (χ4n) is 2.21. The zero-order chi connectivity index (χ0) is 15.4. The summed E-state index contributed by atoms with van der Waals surface area (Å²) < 4.78 is 0. The van der Waals surface area contributed by atoms with Crippen LogP contribution in [0.2, 0.25) is 0 Å². The lowest BCUT2D eigenvalue weighted by molar-refractivity contribution is -0.132. The van der Waals surface area contributed by atoms with Crippen LogP contribution in [0, 0.1) is 0 Å². The van der Waals surface area contributed by atoms with Gasteiger partial charge in [-0.3, -0.25) is 0 Å². The number of hydrogen-bond donors (Lipinski definition) is 2. The van der Waals surface area contributed by atoms with Crippen molar-refractivity contribution in [2.45, 2.75) is 19.9 Å². The molecule has 0 fully saturated rings. The van der Waals surface area contributed by atoms with Crippen molar-refractivity contribution in [3.8, 4) is 0 Å². The van der Waals surface area contributed by atoms with Gasteiger partial charge in [-0.25, -0.2) is 14.8 Å². The van der Waals surface area contributed by atoms with E-state index in [2.05, 4.69) is 21.4 Å². The standard InChI is InChI=1S/C15H18N4O2/c1-3-4-12(7-10(2)14(20)21)19-6-5-13-11(9-19)8-17-15(16)18-13/h3-4,7-8H,2,5-6,9H2,1H3,(H,20,21)(H2,16,17,18)/b4-3-,12-7+. The first-order chi connectivity index (χ1) is 10.0. The first kappa shape index (κ1) is 14.8. The van der Waals surface area contributed by atoms with Crippen LogP contribution in [0.3, 0.4) is 0 Å². The number of carboxylic acid groups (broad SMARTS) is 1. The van der Waals surface area contributed by atoms with Crippen LogP contribution in [0.1, 0.15) is 18.2 Å². The summed E-state index contributed by atoms with van der Waals surface area (Å²) >= 11 is 0. The van der Waals surface area contributed by atoms with Gasteiger partial charge in [-0.2, -0.15) is 0 Å². The monoisotopic (exact) mass is 286 g/mol. The largest absolute Gasteiger partial charge is 0.478 e. The van der Waals surface area contributed by atoms with Gasteiger partial charge in [0.2, 0.25) is 5.95 Å². The molecule has 0 amide bonds. The molecule has 0 saturated carbocycles. The number of anilines is 1. The van der Waals surface area contributed by atoms with Crippen LogP contribution in [-0.2, 0) is 17.8 Å². The maximum Gasteiger partial charge on any atom is 0.335 e. The molecule has 2 heterocycles. The Bertz CT molecular complexity index is 635. The molecule has 0 aliphatic carbocycles. The molecule has 2 rings (SSSR count). The average molecular weight is 286 g/mol. The van der Waals surface area contributed by atoms with Crippen LogP contribution in [0.5, 0.6) is 0 Å². The van der Waals surface area contributed by atoms with Crippen molar-refractivity contribution in [1.29, 1.82) is 0 Å². The Kier molecular flexibility index (Phi) is 4.37. The van der Waals surface area contributed by atoms with Crippen LogP contribution in [0.25, 0.3) is 0 Å². The normalized spacial score (nSPS) is 15.1. The number of fused-ring (bicyclic) bond motifs is 1. The highest BCUT2D eigenvalue weighted by atomic mass is 16.4. The van der Waals surface area contributed by atoms with E-state index in [9.17, 15) is 4.79 Å². The second-order valence-electron chi connectivity index (χ2n) is 4.77. The smallest absolute Gasteiger partial charge is 0.335 e. The SMILES string of the molecule is C=C(/C=C(\C=C/C)N1CCc2nc(N)ncc2C1)C(=O)O. The second kappa shape index (κ2) is 6.21. The number of rotatable bonds is 4. The average Bonchev–Trinajstić information content (AvgIpc) is 2.46. The Hall–Kier alpha value is -2.63. The van der Waals surface area contributed by atoms with Gasteiger partial charge < -0.3 is 15.7 Å². The van der Waals surface area contributed by atoms with Crippen molar-refractivity contribution in [1.82, 2.24) is 14.9 Å². The van der Waals surface area contributed by atoms with Crippen LogP contribution < -0.4 is 5.73 Å². The van der Waals surface area contributed by atoms with E-state index in [0.29, 0.717) is 6.54 Å². The molecule has 0 saturated heterocycles. The van der Waals surface area contributed by atoms with Crippen molar-refractivity contribution >= 4 is 11.9 Å². The number of allylic oxidation sites excluding steroid dienone is 2. The van der Waals surface area contributed by atoms with Crippen molar-refractivity contribution in [2.24, 2.45) is 0 Å². The fourth-order valence-corrected chi connectivity index (χ4v) is 2.21. The molecule has 21 heavy (non-hydrogen) atoms. The molecule has 0 unspecified atom stereocenters. The van der Waals surface area contributed by atoms with Crippen molar-refractivity contribution in [3.63, 3.8) is 0 Å². The van der Waals surface area contributed by atoms with Crippen LogP contribution in [0.15, 0.2) is 42.3 Å². The minimum atomic E-state index is -1.02. The molecule has 1 aliphatic heterocycles. The summed E-state index contributed by atoms with van der Waals surface area (Å²) in [6.45, 7) is 6.80. The highest BCUT2D eigenvalue weighted by molar-refractivity contribution is 5.89. The number of carbonyl (C=O) groups is 1. The summed E-state index contributed by atoms with van der Waals surface area (Å²) in [5.41, 5.74) is 8.42. The summed E-state index contributed by atoms with van der Waals surface area (Å²) in [6.07, 6.45) is 7.79. The topological polar surface area (TPSA) is 92.3 Å². The molecule has 0 atom stereocenters. The molecular weight excluding hydrogens is 268 g/mol. The van der Waals surface area contributed by atoms with Crippen molar-refractivity contribution < 1.29 is 9.90 Å². The van der Waals surface area contributed by atoms with E-state index in [1.807, 2.05) is 19.1 Å². The first-order valence-corrected chi connectivity index (χ1v) is 6.63. The zero-order valence-electron chi connectivity index (χ0n) is 11.9. The van der Waals surface area contributed by atoms with Gasteiger partial charge in [0, 0.05) is 37.0 Å². The van der Waals surface area contributed by atoms with Crippen molar-refractivity contribution in [3.05, 3.63) is 53.5 Å². The lowest BCUT2D eigenvalue weighted by Crippen LogP contribution is -2.30. The number of carboxylic acids is 1. The van der Waals surface area contributed by atoms with E-state index in [1.165, 1.54) is 0 Å². The van der Waals surface area contributed by atoms with Gasteiger partial charge in [-0.1, -0.05) is 12.7 Å². The van der Waals surface area contributed by atoms with Gasteiger partial charge in [0.1, 0.15) is 0 Å². The molecular formula is C15H18N4O2. The Labute approximate surface area is 123 Å². The van der Waals surface area contributed by atoms with Gasteiger partial charge in [0.15, 0.2) is 0 Å². The third-order valence-corrected chi connectivity index (χ3v) is 3.25. The molecule has 1 aromatic heterocycles. The number of aliphatic carboxylic acids is 1. The highest BCUT2D eigenvalue weighted by Gasteiger charge is 2.19. The zero-order valence-corrected chi connectivity index (χ0v) is 11.9. The molecule has 110 valence electrons. The summed E-state index contributed by atoms with van der Waals surface area (Å²) in [4.78, 5) is 21.3. The van der Waals surface area contributed by atoms with E-state index < -0.39 is 5.97 Å². The third-order valence-electron chi connectivity index (χ3n) is 3.25. The summed E-state index contributed by atoms with van der Waals surface area (Å²) in [5, 5.41) is 8.97. The lowest BCUT2D eigenvalue weighted by Gasteiger charge is -2.30. The fraction of sp³-hybridized carbons (Fsp3) is 0.267. The molecule has 0 aromatic carbocycles. The molecule has 6 nitrogen and oxygen atoms in total. The Balaban J connectivity index is 2.26. The third kappa shape index (κ3) is 3.47. The van der Waals surface area contributed by atoms with Crippen LogP contribution in [-0.4, -0.2) is 32.5 Å². The summed E-state index contributed by atoms with van der Waals surface area (Å²) in [5.74, 6) is -0.740. The van der Waals surface area contributed by atoms with E-state index >= 15 is 0 Å². The number of aromatic nitrogens is 2. The Morgan fingerprint density at radius 1 is 1.57 bits per heavy atom. The molecule has 0 spiro atoms. The van der Waals surface area contributed by atoms with E-state index in [1.54, 1.807) is 12.3 Å². The minimum absolute atomic E-state index is 0.0578. The Morgan fingerprint density at radius 3 is 3.00 bits per heavy atom. The maximum absolute atomic E-state index is 10.9. The van der Waals surface area contributed by atoms with Crippen LogP contribution >= 0.6 is 0 Å². The molecule has 1 aromatic rings. The van der Waals surface area contributed by atoms with Crippen LogP contribution in [0.4, 0.5) is 5.95 Å². The number of hydrogen-bond acceptors (Lipinski definition) is 5. The van der Waals surface area contributed by atoms with E-state index in [4.69, 9.17) is 10.8 Å². The number of nitrogens with two attached hydrogens (primary N) is 1. The van der Waals surface area contributed by atoms with Gasteiger partial charge >= 0.3 is 5.97 Å². The summed E-state index contributed by atoms with van der Waals surface area (Å²) in [6, 6.07) is 0. The first-order valence-electron chi connectivity index (χ1n) is 6.63. The van der Waals surface area contributed by atoms with Crippen molar-refractivity contribution in [2.75, 3.05) is 12.3 Å². The quantitative estimate of drug-likeness (QED) is 0.644. The molecule has 1 aliphatic rings. The van der Waals surface area contributed by atoms with E-state index in [0.717, 1.165) is 29.9 Å². The predicted octanol–water partition coefficient (Wildman–Crippen LogP) is 1.52.